The molecule has 0 spiro atoms. The molecular formula is C11H14N4OS. The lowest BCUT2D eigenvalue weighted by Gasteiger charge is -2.09. The quantitative estimate of drug-likeness (QED) is 0.898. The molecule has 90 valence electrons. The zero-order chi connectivity index (χ0) is 12.4. The van der Waals surface area contributed by atoms with Gasteiger partial charge in [0.15, 0.2) is 5.16 Å². The summed E-state index contributed by atoms with van der Waals surface area (Å²) in [5.74, 6) is 0.849. The minimum atomic E-state index is -0.541. The van der Waals surface area contributed by atoms with Crippen LogP contribution < -0.4 is 0 Å². The van der Waals surface area contributed by atoms with Crippen LogP contribution >= 0.6 is 11.8 Å². The maximum atomic E-state index is 9.66. The Morgan fingerprint density at radius 3 is 2.76 bits per heavy atom. The number of hydrogen-bond acceptors (Lipinski definition) is 5. The molecule has 1 atom stereocenters. The second-order valence-electron chi connectivity index (χ2n) is 3.76. The minimum Gasteiger partial charge on any atom is -0.389 e. The number of nitrogens with zero attached hydrogens (tertiary/aromatic N) is 4. The number of rotatable bonds is 3. The van der Waals surface area contributed by atoms with Crippen LogP contribution in [0.5, 0.6) is 0 Å². The van der Waals surface area contributed by atoms with Crippen molar-refractivity contribution in [3.05, 3.63) is 29.7 Å². The molecule has 0 saturated heterocycles. The van der Waals surface area contributed by atoms with Gasteiger partial charge in [-0.25, -0.2) is 4.98 Å². The molecule has 0 bridgehead atoms. The molecule has 0 saturated carbocycles. The summed E-state index contributed by atoms with van der Waals surface area (Å²) < 4.78 is 1.89. The smallest absolute Gasteiger partial charge is 0.197 e. The van der Waals surface area contributed by atoms with Gasteiger partial charge >= 0.3 is 0 Å². The first-order chi connectivity index (χ1) is 8.09. The number of aryl methyl sites for hydroxylation is 1. The van der Waals surface area contributed by atoms with Crippen LogP contribution in [0.15, 0.2) is 28.5 Å². The zero-order valence-corrected chi connectivity index (χ0v) is 10.8. The topological polar surface area (TPSA) is 63.8 Å². The molecular weight excluding hydrogens is 236 g/mol. The molecule has 5 nitrogen and oxygen atoms in total. The summed E-state index contributed by atoms with van der Waals surface area (Å²) in [5.41, 5.74) is 0.804. The van der Waals surface area contributed by atoms with E-state index in [0.717, 1.165) is 21.6 Å². The molecule has 17 heavy (non-hydrogen) atoms. The fourth-order valence-corrected chi connectivity index (χ4v) is 2.36. The van der Waals surface area contributed by atoms with Crippen LogP contribution in [0.4, 0.5) is 0 Å². The normalized spacial score (nSPS) is 12.7. The molecule has 0 amide bonds. The standard InChI is InChI=1S/C11H14N4OS/c1-7(16)9-5-4-6-12-10(9)17-11-14-13-8(2)15(11)3/h4-7,16H,1-3H3/t7-/m0/s1. The highest BCUT2D eigenvalue weighted by molar-refractivity contribution is 7.99. The zero-order valence-electron chi connectivity index (χ0n) is 9.95. The summed E-state index contributed by atoms with van der Waals surface area (Å²) in [5, 5.41) is 19.2. The molecule has 0 aliphatic rings. The summed E-state index contributed by atoms with van der Waals surface area (Å²) in [6.45, 7) is 3.62. The van der Waals surface area contributed by atoms with Gasteiger partial charge in [-0.05, 0) is 31.7 Å². The van der Waals surface area contributed by atoms with Gasteiger partial charge in [0.25, 0.3) is 0 Å². The summed E-state index contributed by atoms with van der Waals surface area (Å²) >= 11 is 1.41. The lowest BCUT2D eigenvalue weighted by atomic mass is 10.2. The van der Waals surface area contributed by atoms with E-state index in [9.17, 15) is 5.11 Å². The molecule has 2 heterocycles. The average Bonchev–Trinajstić information content (AvgIpc) is 2.61. The average molecular weight is 250 g/mol. The van der Waals surface area contributed by atoms with Crippen molar-refractivity contribution in [2.75, 3.05) is 0 Å². The Balaban J connectivity index is 2.33. The molecule has 2 aromatic rings. The van der Waals surface area contributed by atoms with E-state index in [2.05, 4.69) is 15.2 Å². The molecule has 0 aliphatic carbocycles. The van der Waals surface area contributed by atoms with Crippen molar-refractivity contribution in [1.29, 1.82) is 0 Å². The van der Waals surface area contributed by atoms with Crippen LogP contribution in [-0.4, -0.2) is 24.9 Å². The molecule has 2 rings (SSSR count). The van der Waals surface area contributed by atoms with E-state index in [-0.39, 0.29) is 0 Å². The predicted octanol–water partition coefficient (Wildman–Crippen LogP) is 1.72. The van der Waals surface area contributed by atoms with Gasteiger partial charge < -0.3 is 9.67 Å². The highest BCUT2D eigenvalue weighted by Crippen LogP contribution is 2.30. The molecule has 0 unspecified atom stereocenters. The first-order valence-electron chi connectivity index (χ1n) is 5.26. The van der Waals surface area contributed by atoms with Crippen molar-refractivity contribution in [2.45, 2.75) is 30.1 Å². The van der Waals surface area contributed by atoms with Gasteiger partial charge in [0.1, 0.15) is 10.9 Å². The number of hydrogen-bond donors (Lipinski definition) is 1. The molecule has 0 radical (unpaired) electrons. The molecule has 0 fully saturated rings. The minimum absolute atomic E-state index is 0.541. The Morgan fingerprint density at radius 1 is 1.41 bits per heavy atom. The Bertz CT molecular complexity index is 524. The third kappa shape index (κ3) is 2.48. The second kappa shape index (κ2) is 4.85. The Labute approximate surface area is 104 Å². The van der Waals surface area contributed by atoms with Crippen molar-refractivity contribution in [1.82, 2.24) is 19.7 Å². The highest BCUT2D eigenvalue weighted by atomic mass is 32.2. The van der Waals surface area contributed by atoms with E-state index >= 15 is 0 Å². The largest absolute Gasteiger partial charge is 0.389 e. The summed E-state index contributed by atoms with van der Waals surface area (Å²) in [7, 11) is 1.91. The van der Waals surface area contributed by atoms with Crippen LogP contribution in [0, 0.1) is 6.92 Å². The summed E-state index contributed by atoms with van der Waals surface area (Å²) in [6, 6.07) is 3.68. The first kappa shape index (κ1) is 12.1. The van der Waals surface area contributed by atoms with E-state index in [4.69, 9.17) is 0 Å². The lowest BCUT2D eigenvalue weighted by Crippen LogP contribution is -1.98. The van der Waals surface area contributed by atoms with Gasteiger partial charge in [0.05, 0.1) is 6.10 Å². The van der Waals surface area contributed by atoms with E-state index in [1.807, 2.05) is 30.7 Å². The van der Waals surface area contributed by atoms with E-state index in [1.165, 1.54) is 11.8 Å². The molecule has 0 aliphatic heterocycles. The second-order valence-corrected chi connectivity index (χ2v) is 4.72. The molecule has 6 heteroatoms. The van der Waals surface area contributed by atoms with Crippen LogP contribution in [0.2, 0.25) is 0 Å². The van der Waals surface area contributed by atoms with E-state index in [0.29, 0.717) is 0 Å². The fraction of sp³-hybridized carbons (Fsp3) is 0.364. The van der Waals surface area contributed by atoms with Gasteiger partial charge in [-0.15, -0.1) is 10.2 Å². The van der Waals surface area contributed by atoms with Gasteiger partial charge in [-0.2, -0.15) is 0 Å². The Hall–Kier alpha value is -1.40. The van der Waals surface area contributed by atoms with Crippen LogP contribution in [-0.2, 0) is 7.05 Å². The number of aliphatic hydroxyl groups is 1. The Morgan fingerprint density at radius 2 is 2.18 bits per heavy atom. The van der Waals surface area contributed by atoms with Gasteiger partial charge in [-0.1, -0.05) is 6.07 Å². The molecule has 2 aromatic heterocycles. The number of pyridine rings is 1. The van der Waals surface area contributed by atoms with Crippen molar-refractivity contribution in [3.63, 3.8) is 0 Å². The lowest BCUT2D eigenvalue weighted by molar-refractivity contribution is 0.195. The van der Waals surface area contributed by atoms with E-state index in [1.54, 1.807) is 13.1 Å². The van der Waals surface area contributed by atoms with Crippen molar-refractivity contribution < 1.29 is 5.11 Å². The van der Waals surface area contributed by atoms with Gasteiger partial charge in [0, 0.05) is 18.8 Å². The Kier molecular flexibility index (Phi) is 3.44. The first-order valence-corrected chi connectivity index (χ1v) is 6.08. The predicted molar refractivity (Wildman–Crippen MR) is 64.7 cm³/mol. The number of aliphatic hydroxyl groups excluding tert-OH is 1. The van der Waals surface area contributed by atoms with E-state index < -0.39 is 6.10 Å². The van der Waals surface area contributed by atoms with Gasteiger partial charge in [-0.3, -0.25) is 0 Å². The van der Waals surface area contributed by atoms with Gasteiger partial charge in [0.2, 0.25) is 0 Å². The van der Waals surface area contributed by atoms with Crippen molar-refractivity contribution >= 4 is 11.8 Å². The number of aromatic nitrogens is 4. The fourth-order valence-electron chi connectivity index (χ4n) is 1.37. The third-order valence-corrected chi connectivity index (χ3v) is 3.56. The SMILES string of the molecule is Cc1nnc(Sc2ncccc2[C@H](C)O)n1C. The maximum Gasteiger partial charge on any atom is 0.197 e. The van der Waals surface area contributed by atoms with Crippen molar-refractivity contribution in [3.8, 4) is 0 Å². The van der Waals surface area contributed by atoms with Crippen LogP contribution in [0.3, 0.4) is 0 Å². The third-order valence-electron chi connectivity index (χ3n) is 2.49. The monoisotopic (exact) mass is 250 g/mol. The van der Waals surface area contributed by atoms with Crippen LogP contribution in [0.25, 0.3) is 0 Å². The maximum absolute atomic E-state index is 9.66. The summed E-state index contributed by atoms with van der Waals surface area (Å²) in [6.07, 6.45) is 1.16. The van der Waals surface area contributed by atoms with Crippen LogP contribution in [0.1, 0.15) is 24.4 Å². The highest BCUT2D eigenvalue weighted by Gasteiger charge is 2.13. The molecule has 1 N–H and O–H groups in total. The van der Waals surface area contributed by atoms with Crippen molar-refractivity contribution in [2.24, 2.45) is 7.05 Å². The summed E-state index contributed by atoms with van der Waals surface area (Å²) in [4.78, 5) is 4.27. The molecule has 0 aromatic carbocycles.